The zero-order valence-corrected chi connectivity index (χ0v) is 13.8. The molecule has 0 aromatic heterocycles. The molecule has 21 heavy (non-hydrogen) atoms. The molecule has 0 saturated heterocycles. The molecule has 0 spiro atoms. The van der Waals surface area contributed by atoms with E-state index in [1.54, 1.807) is 13.8 Å². The summed E-state index contributed by atoms with van der Waals surface area (Å²) in [5.74, 6) is -0.616. The number of hydrogen-bond acceptors (Lipinski definition) is 5. The third kappa shape index (κ3) is 8.30. The van der Waals surface area contributed by atoms with Crippen LogP contribution in [0.25, 0.3) is 0 Å². The van der Waals surface area contributed by atoms with E-state index in [0.717, 1.165) is 12.8 Å². The minimum absolute atomic E-state index is 0.296. The standard InChI is InChI=1S/C16H27NO4/c1-7-8-11-20-16(19)13(4)14(9-10-17(5)6)21-15(18)12(2)3/h2,7-11H2,1,3-6H3. The van der Waals surface area contributed by atoms with Crippen LogP contribution < -0.4 is 0 Å². The molecule has 0 aromatic rings. The Morgan fingerprint density at radius 3 is 2.24 bits per heavy atom. The average molecular weight is 297 g/mol. The van der Waals surface area contributed by atoms with E-state index in [1.807, 2.05) is 25.9 Å². The monoisotopic (exact) mass is 297 g/mol. The van der Waals surface area contributed by atoms with Crippen LogP contribution in [-0.4, -0.2) is 44.1 Å². The van der Waals surface area contributed by atoms with Crippen molar-refractivity contribution in [1.29, 1.82) is 0 Å². The SMILES string of the molecule is C=C(C)C(=O)OC(CCN(C)C)=C(C)C(=O)OCCCC. The van der Waals surface area contributed by atoms with Crippen molar-refractivity contribution in [3.8, 4) is 0 Å². The molecule has 0 fully saturated rings. The fraction of sp³-hybridized carbons (Fsp3) is 0.625. The quantitative estimate of drug-likeness (QED) is 0.283. The predicted octanol–water partition coefficient (Wildman–Crippen LogP) is 2.67. The van der Waals surface area contributed by atoms with Crippen LogP contribution >= 0.6 is 0 Å². The van der Waals surface area contributed by atoms with Crippen molar-refractivity contribution in [2.75, 3.05) is 27.2 Å². The fourth-order valence-corrected chi connectivity index (χ4v) is 1.37. The summed E-state index contributed by atoms with van der Waals surface area (Å²) in [5, 5.41) is 0. The number of ether oxygens (including phenoxy) is 2. The lowest BCUT2D eigenvalue weighted by Gasteiger charge is -2.15. The first kappa shape index (κ1) is 19.4. The predicted molar refractivity (Wildman–Crippen MR) is 82.6 cm³/mol. The number of nitrogens with zero attached hydrogens (tertiary/aromatic N) is 1. The minimum Gasteiger partial charge on any atom is -0.462 e. The van der Waals surface area contributed by atoms with Crippen LogP contribution in [0.3, 0.4) is 0 Å². The average Bonchev–Trinajstić information content (AvgIpc) is 2.42. The van der Waals surface area contributed by atoms with Gasteiger partial charge in [0.15, 0.2) is 0 Å². The van der Waals surface area contributed by atoms with E-state index in [2.05, 4.69) is 6.58 Å². The summed E-state index contributed by atoms with van der Waals surface area (Å²) in [6.07, 6.45) is 2.23. The summed E-state index contributed by atoms with van der Waals surface area (Å²) < 4.78 is 10.4. The second-order valence-electron chi connectivity index (χ2n) is 5.26. The van der Waals surface area contributed by atoms with Gasteiger partial charge in [0, 0.05) is 18.5 Å². The van der Waals surface area contributed by atoms with Crippen molar-refractivity contribution in [3.05, 3.63) is 23.5 Å². The summed E-state index contributed by atoms with van der Waals surface area (Å²) in [7, 11) is 3.82. The lowest BCUT2D eigenvalue weighted by Crippen LogP contribution is -2.18. The molecule has 5 nitrogen and oxygen atoms in total. The molecule has 0 N–H and O–H groups in total. The molecule has 0 radical (unpaired) electrons. The summed E-state index contributed by atoms with van der Waals surface area (Å²) >= 11 is 0. The molecule has 0 aliphatic carbocycles. The van der Waals surface area contributed by atoms with E-state index in [4.69, 9.17) is 9.47 Å². The molecule has 0 unspecified atom stereocenters. The van der Waals surface area contributed by atoms with Gasteiger partial charge in [0.05, 0.1) is 12.2 Å². The maximum atomic E-state index is 11.9. The van der Waals surface area contributed by atoms with Gasteiger partial charge in [0.25, 0.3) is 0 Å². The van der Waals surface area contributed by atoms with Crippen molar-refractivity contribution in [2.45, 2.75) is 40.0 Å². The summed E-state index contributed by atoms with van der Waals surface area (Å²) in [6.45, 7) is 9.79. The number of unbranched alkanes of at least 4 members (excludes halogenated alkanes) is 1. The van der Waals surface area contributed by atoms with Crippen LogP contribution in [0, 0.1) is 0 Å². The number of carbonyl (C=O) groups excluding carboxylic acids is 2. The smallest absolute Gasteiger partial charge is 0.338 e. The Morgan fingerprint density at radius 2 is 1.76 bits per heavy atom. The zero-order valence-electron chi connectivity index (χ0n) is 13.8. The maximum Gasteiger partial charge on any atom is 0.338 e. The van der Waals surface area contributed by atoms with Crippen molar-refractivity contribution in [3.63, 3.8) is 0 Å². The normalized spacial score (nSPS) is 11.9. The first-order valence-electron chi connectivity index (χ1n) is 7.18. The van der Waals surface area contributed by atoms with Gasteiger partial charge in [-0.15, -0.1) is 0 Å². The molecular formula is C16H27NO4. The molecule has 0 heterocycles. The Bertz CT molecular complexity index is 411. The number of esters is 2. The largest absolute Gasteiger partial charge is 0.462 e. The minimum atomic E-state index is -0.524. The Balaban J connectivity index is 4.94. The molecular weight excluding hydrogens is 270 g/mol. The van der Waals surface area contributed by atoms with Crippen LogP contribution in [0.4, 0.5) is 0 Å². The van der Waals surface area contributed by atoms with Gasteiger partial charge in [-0.2, -0.15) is 0 Å². The highest BCUT2D eigenvalue weighted by molar-refractivity contribution is 5.91. The molecule has 5 heteroatoms. The molecule has 0 aromatic carbocycles. The number of rotatable bonds is 9. The molecule has 0 amide bonds. The Labute approximate surface area is 127 Å². The maximum absolute atomic E-state index is 11.9. The third-order valence-electron chi connectivity index (χ3n) is 2.81. The van der Waals surface area contributed by atoms with E-state index in [1.165, 1.54) is 0 Å². The molecule has 0 aliphatic heterocycles. The van der Waals surface area contributed by atoms with Gasteiger partial charge >= 0.3 is 11.9 Å². The first-order valence-corrected chi connectivity index (χ1v) is 7.18. The van der Waals surface area contributed by atoms with E-state index in [9.17, 15) is 9.59 Å². The number of hydrogen-bond donors (Lipinski definition) is 0. The van der Waals surface area contributed by atoms with E-state index in [0.29, 0.717) is 36.5 Å². The van der Waals surface area contributed by atoms with Gasteiger partial charge in [0.2, 0.25) is 0 Å². The second kappa shape index (κ2) is 10.2. The molecule has 0 rings (SSSR count). The zero-order chi connectivity index (χ0) is 16.4. The van der Waals surface area contributed by atoms with Gasteiger partial charge in [-0.25, -0.2) is 9.59 Å². The van der Waals surface area contributed by atoms with Crippen LogP contribution in [0.15, 0.2) is 23.5 Å². The highest BCUT2D eigenvalue weighted by atomic mass is 16.5. The number of carbonyl (C=O) groups is 2. The summed E-state index contributed by atoms with van der Waals surface area (Å²) in [6, 6.07) is 0. The van der Waals surface area contributed by atoms with Gasteiger partial charge in [0.1, 0.15) is 5.76 Å². The molecule has 0 saturated carbocycles. The van der Waals surface area contributed by atoms with Crippen LogP contribution in [-0.2, 0) is 19.1 Å². The molecule has 0 bridgehead atoms. The van der Waals surface area contributed by atoms with Crippen molar-refractivity contribution in [2.24, 2.45) is 0 Å². The van der Waals surface area contributed by atoms with E-state index < -0.39 is 11.9 Å². The second-order valence-corrected chi connectivity index (χ2v) is 5.26. The lowest BCUT2D eigenvalue weighted by molar-refractivity contribution is -0.139. The van der Waals surface area contributed by atoms with Crippen molar-refractivity contribution in [1.82, 2.24) is 4.90 Å². The third-order valence-corrected chi connectivity index (χ3v) is 2.81. The van der Waals surface area contributed by atoms with Crippen molar-refractivity contribution < 1.29 is 19.1 Å². The fourth-order valence-electron chi connectivity index (χ4n) is 1.37. The van der Waals surface area contributed by atoms with Crippen molar-refractivity contribution >= 4 is 11.9 Å². The molecule has 0 atom stereocenters. The molecule has 0 aliphatic rings. The van der Waals surface area contributed by atoms with Gasteiger partial charge in [-0.3, -0.25) is 0 Å². The summed E-state index contributed by atoms with van der Waals surface area (Å²) in [5.41, 5.74) is 0.632. The van der Waals surface area contributed by atoms with Crippen LogP contribution in [0.2, 0.25) is 0 Å². The van der Waals surface area contributed by atoms with Crippen LogP contribution in [0.5, 0.6) is 0 Å². The highest BCUT2D eigenvalue weighted by Crippen LogP contribution is 2.15. The Hall–Kier alpha value is -1.62. The van der Waals surface area contributed by atoms with Gasteiger partial charge in [-0.05, 0) is 34.4 Å². The summed E-state index contributed by atoms with van der Waals surface area (Å²) in [4.78, 5) is 25.6. The Kier molecular flexibility index (Phi) is 9.37. The topological polar surface area (TPSA) is 55.8 Å². The molecule has 120 valence electrons. The van der Waals surface area contributed by atoms with E-state index >= 15 is 0 Å². The Morgan fingerprint density at radius 1 is 1.14 bits per heavy atom. The van der Waals surface area contributed by atoms with E-state index in [-0.39, 0.29) is 0 Å². The highest BCUT2D eigenvalue weighted by Gasteiger charge is 2.17. The first-order chi connectivity index (χ1) is 9.79. The van der Waals surface area contributed by atoms with Crippen LogP contribution in [0.1, 0.15) is 40.0 Å². The lowest BCUT2D eigenvalue weighted by atomic mass is 10.2. The van der Waals surface area contributed by atoms with Gasteiger partial charge < -0.3 is 14.4 Å². The van der Waals surface area contributed by atoms with Gasteiger partial charge in [-0.1, -0.05) is 19.9 Å².